The van der Waals surface area contributed by atoms with Gasteiger partial charge in [-0.25, -0.2) is 4.98 Å². The monoisotopic (exact) mass is 489 g/mol. The number of hydrogen-bond acceptors (Lipinski definition) is 6. The number of carbonyl (C=O) groups is 1. The van der Waals surface area contributed by atoms with E-state index in [2.05, 4.69) is 0 Å². The van der Waals surface area contributed by atoms with Gasteiger partial charge in [-0.3, -0.25) is 4.79 Å². The maximum Gasteiger partial charge on any atom is 0.308 e. The fraction of sp³-hybridized carbons (Fsp3) is 0.143. The highest BCUT2D eigenvalue weighted by molar-refractivity contribution is 6.30. The third-order valence-corrected chi connectivity index (χ3v) is 5.44. The molecule has 0 atom stereocenters. The van der Waals surface area contributed by atoms with Crippen molar-refractivity contribution in [1.82, 2.24) is 4.98 Å². The predicted molar refractivity (Wildman–Crippen MR) is 137 cm³/mol. The molecule has 6 nitrogen and oxygen atoms in total. The van der Waals surface area contributed by atoms with Crippen LogP contribution in [-0.4, -0.2) is 25.2 Å². The number of methoxy groups -OCH3 is 2. The summed E-state index contributed by atoms with van der Waals surface area (Å²) in [5.74, 6) is 1.26. The molecule has 1 aromatic heterocycles. The SMILES string of the molecule is COc1cc(C=Cc2ccc3cccc(OCc4ccc(Cl)cc4)c3n2)cc(OC)c1OC(C)=O. The van der Waals surface area contributed by atoms with Crippen LogP contribution in [0.4, 0.5) is 0 Å². The smallest absolute Gasteiger partial charge is 0.308 e. The summed E-state index contributed by atoms with van der Waals surface area (Å²) >= 11 is 5.97. The number of aromatic nitrogens is 1. The minimum atomic E-state index is -0.459. The van der Waals surface area contributed by atoms with Crippen molar-refractivity contribution in [2.24, 2.45) is 0 Å². The lowest BCUT2D eigenvalue weighted by atomic mass is 10.1. The van der Waals surface area contributed by atoms with E-state index in [-0.39, 0.29) is 5.75 Å². The molecule has 0 aliphatic carbocycles. The topological polar surface area (TPSA) is 66.9 Å². The van der Waals surface area contributed by atoms with Crippen molar-refractivity contribution < 1.29 is 23.7 Å². The first-order chi connectivity index (χ1) is 17.0. The molecular weight excluding hydrogens is 466 g/mol. The van der Waals surface area contributed by atoms with Crippen molar-refractivity contribution in [2.45, 2.75) is 13.5 Å². The summed E-state index contributed by atoms with van der Waals surface area (Å²) in [7, 11) is 3.01. The Morgan fingerprint density at radius 1 is 0.914 bits per heavy atom. The standard InChI is InChI=1S/C28H24ClNO5/c1-18(31)35-28-25(32-2)15-20(16-26(28)33-3)9-13-23-14-10-21-5-4-6-24(27(21)30-23)34-17-19-7-11-22(29)12-8-19/h4-16H,17H2,1-3H3. The average Bonchev–Trinajstić information content (AvgIpc) is 2.87. The van der Waals surface area contributed by atoms with Crippen LogP contribution in [0.1, 0.15) is 23.7 Å². The molecule has 0 saturated carbocycles. The number of fused-ring (bicyclic) bond motifs is 1. The lowest BCUT2D eigenvalue weighted by molar-refractivity contribution is -0.132. The quantitative estimate of drug-likeness (QED) is 0.206. The van der Waals surface area contributed by atoms with E-state index in [1.165, 1.54) is 21.1 Å². The molecule has 178 valence electrons. The zero-order valence-electron chi connectivity index (χ0n) is 19.6. The van der Waals surface area contributed by atoms with E-state index in [1.54, 1.807) is 12.1 Å². The van der Waals surface area contributed by atoms with Gasteiger partial charge in [-0.05, 0) is 53.6 Å². The number of esters is 1. The molecule has 0 saturated heterocycles. The lowest BCUT2D eigenvalue weighted by Crippen LogP contribution is -2.05. The summed E-state index contributed by atoms with van der Waals surface area (Å²) in [5.41, 5.74) is 3.33. The molecule has 0 amide bonds. The van der Waals surface area contributed by atoms with Gasteiger partial charge < -0.3 is 18.9 Å². The molecular formula is C28H24ClNO5. The number of halogens is 1. The molecule has 35 heavy (non-hydrogen) atoms. The van der Waals surface area contributed by atoms with Gasteiger partial charge in [-0.2, -0.15) is 0 Å². The Kier molecular flexibility index (Phi) is 7.53. The first-order valence-corrected chi connectivity index (χ1v) is 11.2. The Hall–Kier alpha value is -4.03. The summed E-state index contributed by atoms with van der Waals surface area (Å²) < 4.78 is 22.1. The number of ether oxygens (including phenoxy) is 4. The average molecular weight is 490 g/mol. The van der Waals surface area contributed by atoms with Gasteiger partial charge in [-0.15, -0.1) is 0 Å². The van der Waals surface area contributed by atoms with E-state index in [9.17, 15) is 4.79 Å². The fourth-order valence-electron chi connectivity index (χ4n) is 3.51. The van der Waals surface area contributed by atoms with E-state index in [0.29, 0.717) is 28.9 Å². The third-order valence-electron chi connectivity index (χ3n) is 5.19. The highest BCUT2D eigenvalue weighted by Gasteiger charge is 2.15. The van der Waals surface area contributed by atoms with Gasteiger partial charge in [0.25, 0.3) is 0 Å². The number of hydrogen-bond donors (Lipinski definition) is 0. The molecule has 4 rings (SSSR count). The van der Waals surface area contributed by atoms with Gasteiger partial charge in [0.1, 0.15) is 17.9 Å². The molecule has 0 fully saturated rings. The second-order valence-corrected chi connectivity index (χ2v) is 8.10. The van der Waals surface area contributed by atoms with Crippen LogP contribution < -0.4 is 18.9 Å². The summed E-state index contributed by atoms with van der Waals surface area (Å²) in [6.45, 7) is 1.73. The van der Waals surface area contributed by atoms with Crippen molar-refractivity contribution in [3.63, 3.8) is 0 Å². The molecule has 1 heterocycles. The molecule has 0 bridgehead atoms. The fourth-order valence-corrected chi connectivity index (χ4v) is 3.63. The molecule has 0 aliphatic heterocycles. The van der Waals surface area contributed by atoms with Crippen LogP contribution in [0, 0.1) is 0 Å². The van der Waals surface area contributed by atoms with Crippen molar-refractivity contribution in [3.05, 3.63) is 88.6 Å². The number of rotatable bonds is 8. The Morgan fingerprint density at radius 3 is 2.29 bits per heavy atom. The van der Waals surface area contributed by atoms with Gasteiger partial charge in [-0.1, -0.05) is 48.0 Å². The molecule has 4 aromatic rings. The molecule has 0 radical (unpaired) electrons. The first kappa shape index (κ1) is 24.1. The minimum Gasteiger partial charge on any atom is -0.493 e. The van der Waals surface area contributed by atoms with E-state index < -0.39 is 5.97 Å². The normalized spacial score (nSPS) is 11.0. The minimum absolute atomic E-state index is 0.242. The van der Waals surface area contributed by atoms with Gasteiger partial charge in [0.15, 0.2) is 11.5 Å². The van der Waals surface area contributed by atoms with Crippen molar-refractivity contribution in [1.29, 1.82) is 0 Å². The molecule has 0 spiro atoms. The van der Waals surface area contributed by atoms with E-state index in [4.69, 9.17) is 35.5 Å². The zero-order valence-corrected chi connectivity index (χ0v) is 20.3. The van der Waals surface area contributed by atoms with Crippen LogP contribution in [0.2, 0.25) is 5.02 Å². The Morgan fingerprint density at radius 2 is 1.63 bits per heavy atom. The Bertz CT molecular complexity index is 1360. The number of para-hydroxylation sites is 1. The first-order valence-electron chi connectivity index (χ1n) is 10.9. The van der Waals surface area contributed by atoms with E-state index >= 15 is 0 Å². The summed E-state index contributed by atoms with van der Waals surface area (Å²) in [6, 6.07) is 20.9. The largest absolute Gasteiger partial charge is 0.493 e. The number of nitrogens with zero attached hydrogens (tertiary/aromatic N) is 1. The summed E-state index contributed by atoms with van der Waals surface area (Å²) in [4.78, 5) is 16.2. The number of benzene rings is 3. The van der Waals surface area contributed by atoms with Crippen LogP contribution >= 0.6 is 11.6 Å². The van der Waals surface area contributed by atoms with Gasteiger partial charge in [0.2, 0.25) is 5.75 Å². The van der Waals surface area contributed by atoms with Gasteiger partial charge in [0.05, 0.1) is 19.9 Å². The summed E-state index contributed by atoms with van der Waals surface area (Å²) in [6.07, 6.45) is 3.77. The second-order valence-electron chi connectivity index (χ2n) is 7.66. The van der Waals surface area contributed by atoms with Gasteiger partial charge in [0, 0.05) is 17.3 Å². The Labute approximate surface area is 208 Å². The maximum absolute atomic E-state index is 11.4. The number of pyridine rings is 1. The lowest BCUT2D eigenvalue weighted by Gasteiger charge is -2.13. The van der Waals surface area contributed by atoms with Gasteiger partial charge >= 0.3 is 5.97 Å². The van der Waals surface area contributed by atoms with E-state index in [1.807, 2.05) is 66.7 Å². The molecule has 0 N–H and O–H groups in total. The summed E-state index contributed by atoms with van der Waals surface area (Å²) in [5, 5.41) is 1.66. The van der Waals surface area contributed by atoms with Crippen molar-refractivity contribution >= 4 is 40.6 Å². The third kappa shape index (κ3) is 5.91. The van der Waals surface area contributed by atoms with Crippen LogP contribution in [0.15, 0.2) is 66.7 Å². The Balaban J connectivity index is 1.60. The maximum atomic E-state index is 11.4. The predicted octanol–water partition coefficient (Wildman–Crippen LogP) is 6.58. The van der Waals surface area contributed by atoms with E-state index in [0.717, 1.165) is 27.7 Å². The van der Waals surface area contributed by atoms with Crippen molar-refractivity contribution in [3.8, 4) is 23.0 Å². The molecule has 3 aromatic carbocycles. The molecule has 7 heteroatoms. The molecule has 0 aliphatic rings. The highest BCUT2D eigenvalue weighted by atomic mass is 35.5. The van der Waals surface area contributed by atoms with Crippen LogP contribution in [0.3, 0.4) is 0 Å². The zero-order chi connectivity index (χ0) is 24.8. The highest BCUT2D eigenvalue weighted by Crippen LogP contribution is 2.39. The van der Waals surface area contributed by atoms with Crippen LogP contribution in [-0.2, 0) is 11.4 Å². The second kappa shape index (κ2) is 10.9. The van der Waals surface area contributed by atoms with Crippen LogP contribution in [0.25, 0.3) is 23.1 Å². The van der Waals surface area contributed by atoms with Crippen LogP contribution in [0.5, 0.6) is 23.0 Å². The number of carbonyl (C=O) groups excluding carboxylic acids is 1. The van der Waals surface area contributed by atoms with Crippen molar-refractivity contribution in [2.75, 3.05) is 14.2 Å². The molecule has 0 unspecified atom stereocenters.